The van der Waals surface area contributed by atoms with E-state index in [1.807, 2.05) is 0 Å². The van der Waals surface area contributed by atoms with Crippen LogP contribution in [0.3, 0.4) is 0 Å². The van der Waals surface area contributed by atoms with E-state index in [2.05, 4.69) is 10.3 Å². The minimum Gasteiger partial charge on any atom is -0.334 e. The van der Waals surface area contributed by atoms with Gasteiger partial charge in [0.05, 0.1) is 0 Å². The lowest BCUT2D eigenvalue weighted by atomic mass is 10.3. The second kappa shape index (κ2) is 6.93. The van der Waals surface area contributed by atoms with Crippen LogP contribution in [0.25, 0.3) is 0 Å². The summed E-state index contributed by atoms with van der Waals surface area (Å²) in [7, 11) is 0. The fourth-order valence-electron chi connectivity index (χ4n) is 1.84. The van der Waals surface area contributed by atoms with Gasteiger partial charge in [-0.1, -0.05) is 24.3 Å². The fraction of sp³-hybridized carbons (Fsp3) is 0.200. The van der Waals surface area contributed by atoms with E-state index in [9.17, 15) is 18.0 Å². The van der Waals surface area contributed by atoms with Gasteiger partial charge in [-0.2, -0.15) is 13.2 Å². The van der Waals surface area contributed by atoms with Gasteiger partial charge in [0.15, 0.2) is 0 Å². The standard InChI is InChI=1S/C15H14F3N3O/c16-15(17,18)11-21(13-6-2-1-3-7-13)14(22)20-10-12-5-4-8-19-9-12/h1-9H,10-11H2,(H,20,22). The first-order chi connectivity index (χ1) is 10.5. The van der Waals surface area contributed by atoms with Gasteiger partial charge < -0.3 is 5.32 Å². The normalized spacial score (nSPS) is 11.0. The van der Waals surface area contributed by atoms with Gasteiger partial charge in [-0.3, -0.25) is 9.88 Å². The number of urea groups is 1. The molecule has 2 rings (SSSR count). The number of para-hydroxylation sites is 1. The van der Waals surface area contributed by atoms with Crippen molar-refractivity contribution < 1.29 is 18.0 Å². The predicted octanol–water partition coefficient (Wildman–Crippen LogP) is 3.36. The number of carbonyl (C=O) groups is 1. The van der Waals surface area contributed by atoms with Crippen molar-refractivity contribution in [1.29, 1.82) is 0 Å². The van der Waals surface area contributed by atoms with Crippen molar-refractivity contribution in [1.82, 2.24) is 10.3 Å². The topological polar surface area (TPSA) is 45.2 Å². The Balaban J connectivity index is 2.09. The molecule has 2 amide bonds. The number of rotatable bonds is 4. The number of anilines is 1. The Morgan fingerprint density at radius 3 is 2.45 bits per heavy atom. The van der Waals surface area contributed by atoms with Crippen molar-refractivity contribution in [3.8, 4) is 0 Å². The Bertz CT molecular complexity index is 602. The molecule has 2 aromatic rings. The molecule has 0 aliphatic carbocycles. The number of carbonyl (C=O) groups excluding carboxylic acids is 1. The van der Waals surface area contributed by atoms with Crippen molar-refractivity contribution in [2.75, 3.05) is 11.4 Å². The maximum Gasteiger partial charge on any atom is 0.406 e. The molecule has 0 atom stereocenters. The maximum atomic E-state index is 12.7. The molecular formula is C15H14F3N3O. The molecule has 0 aliphatic heterocycles. The van der Waals surface area contributed by atoms with Crippen molar-refractivity contribution in [3.05, 3.63) is 60.4 Å². The minimum atomic E-state index is -4.48. The number of benzene rings is 1. The van der Waals surface area contributed by atoms with Gasteiger partial charge >= 0.3 is 12.2 Å². The third-order valence-electron chi connectivity index (χ3n) is 2.82. The minimum absolute atomic E-state index is 0.105. The number of hydrogen-bond acceptors (Lipinski definition) is 2. The molecule has 22 heavy (non-hydrogen) atoms. The third-order valence-corrected chi connectivity index (χ3v) is 2.82. The molecule has 116 valence electrons. The lowest BCUT2D eigenvalue weighted by Gasteiger charge is -2.24. The molecule has 0 bridgehead atoms. The predicted molar refractivity (Wildman–Crippen MR) is 76.3 cm³/mol. The average Bonchev–Trinajstić information content (AvgIpc) is 2.51. The molecular weight excluding hydrogens is 295 g/mol. The molecule has 1 aromatic heterocycles. The summed E-state index contributed by atoms with van der Waals surface area (Å²) in [5.74, 6) is 0. The average molecular weight is 309 g/mol. The zero-order chi connectivity index (χ0) is 16.0. The molecule has 0 saturated carbocycles. The van der Waals surface area contributed by atoms with Crippen LogP contribution in [0, 0.1) is 0 Å². The molecule has 0 aliphatic rings. The largest absolute Gasteiger partial charge is 0.406 e. The monoisotopic (exact) mass is 309 g/mol. The Morgan fingerprint density at radius 1 is 1.14 bits per heavy atom. The van der Waals surface area contributed by atoms with Crippen LogP contribution in [0.4, 0.5) is 23.7 Å². The Kier molecular flexibility index (Phi) is 4.98. The van der Waals surface area contributed by atoms with E-state index < -0.39 is 18.8 Å². The van der Waals surface area contributed by atoms with Crippen LogP contribution in [0.2, 0.25) is 0 Å². The highest BCUT2D eigenvalue weighted by atomic mass is 19.4. The first kappa shape index (κ1) is 15.8. The highest BCUT2D eigenvalue weighted by Crippen LogP contribution is 2.22. The maximum absolute atomic E-state index is 12.7. The van der Waals surface area contributed by atoms with Crippen molar-refractivity contribution in [2.24, 2.45) is 0 Å². The van der Waals surface area contributed by atoms with E-state index in [1.54, 1.807) is 36.5 Å². The van der Waals surface area contributed by atoms with Crippen LogP contribution in [0.1, 0.15) is 5.56 Å². The van der Waals surface area contributed by atoms with Crippen molar-refractivity contribution >= 4 is 11.7 Å². The molecule has 0 radical (unpaired) electrons. The van der Waals surface area contributed by atoms with E-state index in [-0.39, 0.29) is 12.2 Å². The smallest absolute Gasteiger partial charge is 0.334 e. The van der Waals surface area contributed by atoms with Gasteiger partial charge in [0, 0.05) is 24.6 Å². The van der Waals surface area contributed by atoms with E-state index in [4.69, 9.17) is 0 Å². The number of amides is 2. The molecule has 4 nitrogen and oxygen atoms in total. The molecule has 1 heterocycles. The molecule has 0 spiro atoms. The van der Waals surface area contributed by atoms with Crippen LogP contribution < -0.4 is 10.2 Å². The second-order valence-corrected chi connectivity index (χ2v) is 4.56. The molecule has 7 heteroatoms. The quantitative estimate of drug-likeness (QED) is 0.941. The number of pyridine rings is 1. The van der Waals surface area contributed by atoms with Crippen LogP contribution >= 0.6 is 0 Å². The Labute approximate surface area is 125 Å². The number of aromatic nitrogens is 1. The highest BCUT2D eigenvalue weighted by molar-refractivity contribution is 5.92. The van der Waals surface area contributed by atoms with Gasteiger partial charge in [-0.15, -0.1) is 0 Å². The fourth-order valence-corrected chi connectivity index (χ4v) is 1.84. The van der Waals surface area contributed by atoms with Crippen molar-refractivity contribution in [3.63, 3.8) is 0 Å². The lowest BCUT2D eigenvalue weighted by molar-refractivity contribution is -0.118. The number of nitrogens with zero attached hydrogens (tertiary/aromatic N) is 2. The zero-order valence-corrected chi connectivity index (χ0v) is 11.5. The van der Waals surface area contributed by atoms with Crippen LogP contribution in [0.5, 0.6) is 0 Å². The van der Waals surface area contributed by atoms with Gasteiger partial charge in [0.1, 0.15) is 6.54 Å². The number of hydrogen-bond donors (Lipinski definition) is 1. The summed E-state index contributed by atoms with van der Waals surface area (Å²) < 4.78 is 38.0. The number of nitrogens with one attached hydrogen (secondary N) is 1. The van der Waals surface area contributed by atoms with E-state index >= 15 is 0 Å². The van der Waals surface area contributed by atoms with Gasteiger partial charge in [-0.05, 0) is 23.8 Å². The molecule has 1 aromatic carbocycles. The van der Waals surface area contributed by atoms with E-state index in [1.165, 1.54) is 18.3 Å². The van der Waals surface area contributed by atoms with E-state index in [0.29, 0.717) is 10.5 Å². The summed E-state index contributed by atoms with van der Waals surface area (Å²) in [6, 6.07) is 10.3. The Hall–Kier alpha value is -2.57. The van der Waals surface area contributed by atoms with E-state index in [0.717, 1.165) is 0 Å². The summed E-state index contributed by atoms with van der Waals surface area (Å²) in [6.45, 7) is -1.25. The highest BCUT2D eigenvalue weighted by Gasteiger charge is 2.33. The van der Waals surface area contributed by atoms with Gasteiger partial charge in [-0.25, -0.2) is 4.79 Å². The lowest BCUT2D eigenvalue weighted by Crippen LogP contribution is -2.44. The summed E-state index contributed by atoms with van der Waals surface area (Å²) in [4.78, 5) is 16.6. The molecule has 0 fully saturated rings. The number of alkyl halides is 3. The summed E-state index contributed by atoms with van der Waals surface area (Å²) in [5.41, 5.74) is 0.888. The van der Waals surface area contributed by atoms with Crippen LogP contribution in [-0.2, 0) is 6.54 Å². The summed E-state index contributed by atoms with van der Waals surface area (Å²) >= 11 is 0. The van der Waals surface area contributed by atoms with Gasteiger partial charge in [0.25, 0.3) is 0 Å². The molecule has 0 saturated heterocycles. The Morgan fingerprint density at radius 2 is 1.86 bits per heavy atom. The summed E-state index contributed by atoms with van der Waals surface area (Å²) in [6.07, 6.45) is -1.37. The zero-order valence-electron chi connectivity index (χ0n) is 11.5. The van der Waals surface area contributed by atoms with Gasteiger partial charge in [0.2, 0.25) is 0 Å². The van der Waals surface area contributed by atoms with Crippen LogP contribution in [-0.4, -0.2) is 23.7 Å². The first-order valence-electron chi connectivity index (χ1n) is 6.52. The second-order valence-electron chi connectivity index (χ2n) is 4.56. The molecule has 0 unspecified atom stereocenters. The van der Waals surface area contributed by atoms with Crippen LogP contribution in [0.15, 0.2) is 54.9 Å². The number of halogens is 3. The summed E-state index contributed by atoms with van der Waals surface area (Å²) in [5, 5.41) is 2.47. The van der Waals surface area contributed by atoms with Crippen molar-refractivity contribution in [2.45, 2.75) is 12.7 Å². The first-order valence-corrected chi connectivity index (χ1v) is 6.52. The molecule has 1 N–H and O–H groups in total. The third kappa shape index (κ3) is 4.76. The SMILES string of the molecule is O=C(NCc1cccnc1)N(CC(F)(F)F)c1ccccc1.